The van der Waals surface area contributed by atoms with Gasteiger partial charge in [-0.1, -0.05) is 11.6 Å². The van der Waals surface area contributed by atoms with E-state index >= 15 is 0 Å². The van der Waals surface area contributed by atoms with Gasteiger partial charge in [-0.05, 0) is 42.0 Å². The Bertz CT molecular complexity index is 594. The van der Waals surface area contributed by atoms with Crippen LogP contribution in [0.2, 0.25) is 5.02 Å². The second kappa shape index (κ2) is 5.97. The number of rotatable bonds is 4. The molecule has 0 aliphatic heterocycles. The summed E-state index contributed by atoms with van der Waals surface area (Å²) in [5.41, 5.74) is 4.47. The first-order chi connectivity index (χ1) is 9.15. The average molecular weight is 276 g/mol. The molecule has 0 atom stereocenters. The van der Waals surface area contributed by atoms with Crippen molar-refractivity contribution in [1.29, 1.82) is 0 Å². The van der Waals surface area contributed by atoms with Crippen LogP contribution >= 0.6 is 11.6 Å². The molecule has 6 heteroatoms. The van der Waals surface area contributed by atoms with Crippen LogP contribution in [-0.2, 0) is 0 Å². The van der Waals surface area contributed by atoms with Gasteiger partial charge in [0, 0.05) is 17.2 Å². The number of hydrogen-bond donors (Lipinski definition) is 1. The minimum atomic E-state index is -0.438. The lowest BCUT2D eigenvalue weighted by Gasteiger charge is -1.99. The van der Waals surface area contributed by atoms with E-state index in [1.54, 1.807) is 42.6 Å². The Morgan fingerprint density at radius 3 is 2.32 bits per heavy atom. The normalized spacial score (nSPS) is 10.6. The first-order valence-corrected chi connectivity index (χ1v) is 5.82. The molecule has 0 bridgehead atoms. The van der Waals surface area contributed by atoms with Crippen LogP contribution in [-0.4, -0.2) is 11.1 Å². The summed E-state index contributed by atoms with van der Waals surface area (Å²) in [5.74, 6) is 0. The van der Waals surface area contributed by atoms with Crippen LogP contribution in [0.5, 0.6) is 0 Å². The Morgan fingerprint density at radius 2 is 1.74 bits per heavy atom. The van der Waals surface area contributed by atoms with Gasteiger partial charge in [0.2, 0.25) is 0 Å². The number of nitrogens with zero attached hydrogens (tertiary/aromatic N) is 2. The fraction of sp³-hybridized carbons (Fsp3) is 0. The zero-order chi connectivity index (χ0) is 13.7. The average Bonchev–Trinajstić information content (AvgIpc) is 2.41. The summed E-state index contributed by atoms with van der Waals surface area (Å²) in [5, 5.41) is 15.2. The van der Waals surface area contributed by atoms with Crippen molar-refractivity contribution in [2.75, 3.05) is 5.43 Å². The summed E-state index contributed by atoms with van der Waals surface area (Å²) in [7, 11) is 0. The van der Waals surface area contributed by atoms with Crippen LogP contribution in [0, 0.1) is 10.1 Å². The molecule has 2 aromatic carbocycles. The molecular weight excluding hydrogens is 266 g/mol. The Balaban J connectivity index is 1.98. The molecule has 2 rings (SSSR count). The second-order valence-corrected chi connectivity index (χ2v) is 4.16. The van der Waals surface area contributed by atoms with Gasteiger partial charge in [0.05, 0.1) is 16.8 Å². The van der Waals surface area contributed by atoms with Crippen molar-refractivity contribution in [3.8, 4) is 0 Å². The highest BCUT2D eigenvalue weighted by atomic mass is 35.5. The summed E-state index contributed by atoms with van der Waals surface area (Å²) < 4.78 is 0. The highest BCUT2D eigenvalue weighted by Gasteiger charge is 2.02. The van der Waals surface area contributed by atoms with Gasteiger partial charge >= 0.3 is 0 Å². The van der Waals surface area contributed by atoms with E-state index in [0.29, 0.717) is 5.02 Å². The zero-order valence-electron chi connectivity index (χ0n) is 9.79. The summed E-state index contributed by atoms with van der Waals surface area (Å²) >= 11 is 5.76. The van der Waals surface area contributed by atoms with Crippen molar-refractivity contribution in [2.45, 2.75) is 0 Å². The number of anilines is 1. The van der Waals surface area contributed by atoms with E-state index < -0.39 is 4.92 Å². The predicted molar refractivity (Wildman–Crippen MR) is 75.8 cm³/mol. The van der Waals surface area contributed by atoms with Gasteiger partial charge in [-0.2, -0.15) is 5.10 Å². The number of hydrogen-bond acceptors (Lipinski definition) is 4. The van der Waals surface area contributed by atoms with Crippen molar-refractivity contribution in [3.63, 3.8) is 0 Å². The second-order valence-electron chi connectivity index (χ2n) is 3.73. The molecule has 0 saturated heterocycles. The van der Waals surface area contributed by atoms with Gasteiger partial charge in [0.15, 0.2) is 0 Å². The summed E-state index contributed by atoms with van der Waals surface area (Å²) in [4.78, 5) is 10.0. The third kappa shape index (κ3) is 3.79. The standard InChI is InChI=1S/C13H10ClN3O2/c14-11-3-5-12(6-4-11)16-15-9-10-1-7-13(8-2-10)17(18)19/h1-9,16H/b15-9-. The Labute approximate surface area is 114 Å². The zero-order valence-corrected chi connectivity index (χ0v) is 10.5. The molecule has 96 valence electrons. The van der Waals surface area contributed by atoms with Crippen molar-refractivity contribution >= 4 is 29.2 Å². The number of nitrogens with one attached hydrogen (secondary N) is 1. The molecular formula is C13H10ClN3O2. The minimum Gasteiger partial charge on any atom is -0.279 e. The van der Waals surface area contributed by atoms with Gasteiger partial charge < -0.3 is 0 Å². The van der Waals surface area contributed by atoms with Crippen molar-refractivity contribution in [2.24, 2.45) is 5.10 Å². The maximum absolute atomic E-state index is 10.5. The molecule has 0 fully saturated rings. The smallest absolute Gasteiger partial charge is 0.269 e. The van der Waals surface area contributed by atoms with E-state index in [-0.39, 0.29) is 5.69 Å². The molecule has 0 unspecified atom stereocenters. The minimum absolute atomic E-state index is 0.0582. The van der Waals surface area contributed by atoms with Gasteiger partial charge in [-0.15, -0.1) is 0 Å². The lowest BCUT2D eigenvalue weighted by atomic mass is 10.2. The molecule has 0 aliphatic rings. The number of benzene rings is 2. The van der Waals surface area contributed by atoms with E-state index in [4.69, 9.17) is 11.6 Å². The Kier molecular flexibility index (Phi) is 4.10. The maximum atomic E-state index is 10.5. The summed E-state index contributed by atoms with van der Waals surface area (Å²) in [6, 6.07) is 13.2. The van der Waals surface area contributed by atoms with Crippen LogP contribution in [0.3, 0.4) is 0 Å². The molecule has 0 aromatic heterocycles. The maximum Gasteiger partial charge on any atom is 0.269 e. The number of hydrazone groups is 1. The number of nitro benzene ring substituents is 1. The van der Waals surface area contributed by atoms with Crippen LogP contribution < -0.4 is 5.43 Å². The lowest BCUT2D eigenvalue weighted by molar-refractivity contribution is -0.384. The lowest BCUT2D eigenvalue weighted by Crippen LogP contribution is -1.91. The largest absolute Gasteiger partial charge is 0.279 e. The molecule has 0 heterocycles. The molecule has 0 saturated carbocycles. The predicted octanol–water partition coefficient (Wildman–Crippen LogP) is 3.69. The topological polar surface area (TPSA) is 67.5 Å². The third-order valence-electron chi connectivity index (χ3n) is 2.36. The van der Waals surface area contributed by atoms with Gasteiger partial charge in [-0.25, -0.2) is 0 Å². The summed E-state index contributed by atoms with van der Waals surface area (Å²) in [6.07, 6.45) is 1.58. The van der Waals surface area contributed by atoms with E-state index in [1.807, 2.05) is 0 Å². The molecule has 0 spiro atoms. The van der Waals surface area contributed by atoms with Gasteiger partial charge in [0.1, 0.15) is 0 Å². The van der Waals surface area contributed by atoms with E-state index in [1.165, 1.54) is 12.1 Å². The van der Waals surface area contributed by atoms with Crippen LogP contribution in [0.25, 0.3) is 0 Å². The van der Waals surface area contributed by atoms with Crippen LogP contribution in [0.15, 0.2) is 53.6 Å². The van der Waals surface area contributed by atoms with E-state index in [9.17, 15) is 10.1 Å². The first kappa shape index (κ1) is 13.0. The van der Waals surface area contributed by atoms with Crippen molar-refractivity contribution in [3.05, 3.63) is 69.2 Å². The molecule has 0 radical (unpaired) electrons. The monoisotopic (exact) mass is 275 g/mol. The first-order valence-electron chi connectivity index (χ1n) is 5.44. The van der Waals surface area contributed by atoms with Crippen LogP contribution in [0.4, 0.5) is 11.4 Å². The molecule has 5 nitrogen and oxygen atoms in total. The number of non-ortho nitro benzene ring substituents is 1. The quantitative estimate of drug-likeness (QED) is 0.525. The fourth-order valence-electron chi connectivity index (χ4n) is 1.39. The van der Waals surface area contributed by atoms with Gasteiger partial charge in [0.25, 0.3) is 5.69 Å². The van der Waals surface area contributed by atoms with E-state index in [2.05, 4.69) is 10.5 Å². The van der Waals surface area contributed by atoms with Crippen molar-refractivity contribution in [1.82, 2.24) is 0 Å². The third-order valence-corrected chi connectivity index (χ3v) is 2.61. The number of halogens is 1. The number of nitro groups is 1. The molecule has 0 amide bonds. The summed E-state index contributed by atoms with van der Waals surface area (Å²) in [6.45, 7) is 0. The molecule has 2 aromatic rings. The van der Waals surface area contributed by atoms with Crippen LogP contribution in [0.1, 0.15) is 5.56 Å². The van der Waals surface area contributed by atoms with E-state index in [0.717, 1.165) is 11.3 Å². The molecule has 19 heavy (non-hydrogen) atoms. The van der Waals surface area contributed by atoms with Crippen molar-refractivity contribution < 1.29 is 4.92 Å². The SMILES string of the molecule is O=[N+]([O-])c1ccc(/C=N\Nc2ccc(Cl)cc2)cc1. The van der Waals surface area contributed by atoms with Gasteiger partial charge in [-0.3, -0.25) is 15.5 Å². The highest BCUT2D eigenvalue weighted by molar-refractivity contribution is 6.30. The molecule has 1 N–H and O–H groups in total. The fourth-order valence-corrected chi connectivity index (χ4v) is 1.51. The molecule has 0 aliphatic carbocycles. The Hall–Kier alpha value is -2.40. The highest BCUT2D eigenvalue weighted by Crippen LogP contribution is 2.13. The Morgan fingerprint density at radius 1 is 1.11 bits per heavy atom.